The van der Waals surface area contributed by atoms with E-state index in [9.17, 15) is 9.59 Å². The minimum absolute atomic E-state index is 0.0499. The van der Waals surface area contributed by atoms with Gasteiger partial charge in [-0.15, -0.1) is 0 Å². The number of hydrogen-bond acceptors (Lipinski definition) is 9. The fourth-order valence-electron chi connectivity index (χ4n) is 3.86. The van der Waals surface area contributed by atoms with Gasteiger partial charge in [0.25, 0.3) is 5.91 Å². The molecule has 0 saturated carbocycles. The molecule has 1 saturated heterocycles. The third-order valence-corrected chi connectivity index (χ3v) is 5.61. The Balaban J connectivity index is 1.13. The largest absolute Gasteiger partial charge is 0.497 e. The monoisotopic (exact) mass is 476 g/mol. The van der Waals surface area contributed by atoms with Crippen LogP contribution in [-0.4, -0.2) is 59.9 Å². The third kappa shape index (κ3) is 5.14. The first kappa shape index (κ1) is 22.5. The van der Waals surface area contributed by atoms with Gasteiger partial charge in [0.15, 0.2) is 18.2 Å². The topological polar surface area (TPSA) is 128 Å². The minimum Gasteiger partial charge on any atom is -0.497 e. The van der Waals surface area contributed by atoms with Crippen molar-refractivity contribution >= 4 is 23.6 Å². The van der Waals surface area contributed by atoms with E-state index in [0.717, 1.165) is 22.7 Å². The Morgan fingerprint density at radius 3 is 3.00 bits per heavy atom. The van der Waals surface area contributed by atoms with Gasteiger partial charge in [-0.3, -0.25) is 14.7 Å². The number of carbonyl (C=O) groups is 2. The number of carbonyl (C=O) groups excluding carboxylic acids is 2. The van der Waals surface area contributed by atoms with Gasteiger partial charge in [-0.25, -0.2) is 14.8 Å². The first-order valence-corrected chi connectivity index (χ1v) is 11.2. The number of pyridine rings is 1. The number of benzene rings is 1. The first-order chi connectivity index (χ1) is 17.1. The lowest BCUT2D eigenvalue weighted by molar-refractivity contribution is -0.118. The number of amides is 2. The molecule has 0 radical (unpaired) electrons. The maximum absolute atomic E-state index is 12.4. The van der Waals surface area contributed by atoms with Crippen LogP contribution in [0.5, 0.6) is 11.5 Å². The molecule has 1 aromatic carbocycles. The predicted molar refractivity (Wildman–Crippen MR) is 126 cm³/mol. The average molecular weight is 476 g/mol. The average Bonchev–Trinajstić information content (AvgIpc) is 3.26. The number of anilines is 2. The van der Waals surface area contributed by atoms with Crippen molar-refractivity contribution < 1.29 is 23.8 Å². The molecule has 2 amide bonds. The van der Waals surface area contributed by atoms with Crippen LogP contribution in [0, 0.1) is 0 Å². The van der Waals surface area contributed by atoms with Crippen molar-refractivity contribution in [3.63, 3.8) is 0 Å². The van der Waals surface area contributed by atoms with E-state index in [-0.39, 0.29) is 18.6 Å². The summed E-state index contributed by atoms with van der Waals surface area (Å²) in [4.78, 5) is 38.7. The number of nitrogens with one attached hydrogen (secondary N) is 2. The van der Waals surface area contributed by atoms with Crippen LogP contribution in [0.4, 0.5) is 16.4 Å². The van der Waals surface area contributed by atoms with Crippen LogP contribution in [0.15, 0.2) is 48.8 Å². The Kier molecular flexibility index (Phi) is 6.40. The fourth-order valence-corrected chi connectivity index (χ4v) is 3.86. The Morgan fingerprint density at radius 1 is 1.20 bits per heavy atom. The Labute approximate surface area is 201 Å². The summed E-state index contributed by atoms with van der Waals surface area (Å²) in [5.74, 6) is 1.65. The van der Waals surface area contributed by atoms with Gasteiger partial charge in [0.05, 0.1) is 31.2 Å². The van der Waals surface area contributed by atoms with Gasteiger partial charge in [-0.2, -0.15) is 0 Å². The van der Waals surface area contributed by atoms with Crippen LogP contribution >= 0.6 is 0 Å². The maximum atomic E-state index is 12.4. The summed E-state index contributed by atoms with van der Waals surface area (Å²) in [5.41, 5.74) is 2.50. The second-order valence-electron chi connectivity index (χ2n) is 8.06. The van der Waals surface area contributed by atoms with Crippen LogP contribution in [0.25, 0.3) is 11.3 Å². The molecule has 3 aromatic rings. The minimum atomic E-state index is -0.470. The van der Waals surface area contributed by atoms with Crippen LogP contribution in [0.3, 0.4) is 0 Å². The van der Waals surface area contributed by atoms with Crippen molar-refractivity contribution in [3.8, 4) is 22.8 Å². The summed E-state index contributed by atoms with van der Waals surface area (Å²) >= 11 is 0. The molecule has 0 bridgehead atoms. The molecule has 2 N–H and O–H groups in total. The SMILES string of the molecule is COc1cccc(-c2cncc(CNCC[C@H]3CN(c4ccc5c(n4)NC(=O)CO5)C(=O)O3)n2)c1. The van der Waals surface area contributed by atoms with E-state index in [1.54, 1.807) is 31.6 Å². The lowest BCUT2D eigenvalue weighted by Crippen LogP contribution is -2.29. The Bertz CT molecular complexity index is 1250. The quantitative estimate of drug-likeness (QED) is 0.471. The number of rotatable bonds is 8. The van der Waals surface area contributed by atoms with Gasteiger partial charge in [0, 0.05) is 18.3 Å². The molecule has 11 heteroatoms. The highest BCUT2D eigenvalue weighted by Gasteiger charge is 2.33. The van der Waals surface area contributed by atoms with E-state index < -0.39 is 6.09 Å². The van der Waals surface area contributed by atoms with Gasteiger partial charge in [0.2, 0.25) is 0 Å². The fraction of sp³-hybridized carbons (Fsp3) is 0.292. The van der Waals surface area contributed by atoms with E-state index in [4.69, 9.17) is 14.2 Å². The number of fused-ring (bicyclic) bond motifs is 1. The predicted octanol–water partition coefficient (Wildman–Crippen LogP) is 2.38. The van der Waals surface area contributed by atoms with Crippen molar-refractivity contribution in [2.24, 2.45) is 0 Å². The highest BCUT2D eigenvalue weighted by molar-refractivity contribution is 5.95. The lowest BCUT2D eigenvalue weighted by Gasteiger charge is -2.19. The highest BCUT2D eigenvalue weighted by atomic mass is 16.6. The van der Waals surface area contributed by atoms with E-state index in [2.05, 4.69) is 25.6 Å². The third-order valence-electron chi connectivity index (χ3n) is 5.61. The molecular weight excluding hydrogens is 452 g/mol. The number of cyclic esters (lactones) is 1. The standard InChI is InChI=1S/C24H24N6O5/c1-33-17-4-2-3-15(9-17)19-12-26-11-16(27-19)10-25-8-7-18-13-30(24(32)35-18)21-6-5-20-23(28-21)29-22(31)14-34-20/h2-6,9,11-12,18,25H,7-8,10,13-14H2,1H3,(H,28,29,31)/t18-/m0/s1. The molecule has 11 nitrogen and oxygen atoms in total. The van der Waals surface area contributed by atoms with Gasteiger partial charge in [0.1, 0.15) is 17.7 Å². The van der Waals surface area contributed by atoms with Crippen molar-refractivity contribution in [1.29, 1.82) is 0 Å². The molecule has 2 aromatic heterocycles. The number of nitrogens with zero attached hydrogens (tertiary/aromatic N) is 4. The zero-order valence-corrected chi connectivity index (χ0v) is 19.1. The first-order valence-electron chi connectivity index (χ1n) is 11.2. The Hall–Kier alpha value is -4.25. The van der Waals surface area contributed by atoms with E-state index in [1.807, 2.05) is 24.3 Å². The molecule has 35 heavy (non-hydrogen) atoms. The van der Waals surface area contributed by atoms with Crippen molar-refractivity contribution in [2.45, 2.75) is 19.1 Å². The maximum Gasteiger partial charge on any atom is 0.415 e. The van der Waals surface area contributed by atoms with Crippen LogP contribution in [0.1, 0.15) is 12.1 Å². The zero-order valence-electron chi connectivity index (χ0n) is 19.1. The van der Waals surface area contributed by atoms with E-state index >= 15 is 0 Å². The van der Waals surface area contributed by atoms with Gasteiger partial charge in [-0.05, 0) is 37.2 Å². The molecular formula is C24H24N6O5. The summed E-state index contributed by atoms with van der Waals surface area (Å²) < 4.78 is 16.1. The van der Waals surface area contributed by atoms with Crippen LogP contribution in [-0.2, 0) is 16.1 Å². The zero-order chi connectivity index (χ0) is 24.2. The molecule has 0 spiro atoms. The molecule has 0 unspecified atom stereocenters. The van der Waals surface area contributed by atoms with Crippen molar-refractivity contribution in [3.05, 3.63) is 54.5 Å². The number of ether oxygens (including phenoxy) is 3. The lowest BCUT2D eigenvalue weighted by atomic mass is 10.1. The smallest absolute Gasteiger partial charge is 0.415 e. The normalized spacial score (nSPS) is 16.8. The molecule has 180 valence electrons. The number of methoxy groups -OCH3 is 1. The Morgan fingerprint density at radius 2 is 2.11 bits per heavy atom. The number of hydrogen-bond donors (Lipinski definition) is 2. The summed E-state index contributed by atoms with van der Waals surface area (Å²) in [6, 6.07) is 11.0. The van der Waals surface area contributed by atoms with Crippen molar-refractivity contribution in [2.75, 3.05) is 37.0 Å². The van der Waals surface area contributed by atoms with Gasteiger partial charge in [-0.1, -0.05) is 12.1 Å². The summed E-state index contributed by atoms with van der Waals surface area (Å²) in [5, 5.41) is 5.97. The molecule has 4 heterocycles. The molecule has 1 fully saturated rings. The summed E-state index contributed by atoms with van der Waals surface area (Å²) in [7, 11) is 1.63. The molecule has 5 rings (SSSR count). The molecule has 2 aliphatic rings. The summed E-state index contributed by atoms with van der Waals surface area (Å²) in [6.07, 6.45) is 3.31. The van der Waals surface area contributed by atoms with Gasteiger partial charge >= 0.3 is 6.09 Å². The molecule has 2 aliphatic heterocycles. The van der Waals surface area contributed by atoms with Gasteiger partial charge < -0.3 is 24.8 Å². The van der Waals surface area contributed by atoms with Crippen LogP contribution in [0.2, 0.25) is 0 Å². The van der Waals surface area contributed by atoms with E-state index in [1.165, 1.54) is 4.90 Å². The second-order valence-corrected chi connectivity index (χ2v) is 8.06. The molecule has 1 atom stereocenters. The second kappa shape index (κ2) is 9.94. The summed E-state index contributed by atoms with van der Waals surface area (Å²) in [6.45, 7) is 1.47. The van der Waals surface area contributed by atoms with Crippen LogP contribution < -0.4 is 25.0 Å². The number of aromatic nitrogens is 3. The van der Waals surface area contributed by atoms with E-state index in [0.29, 0.717) is 43.4 Å². The van der Waals surface area contributed by atoms with Crippen molar-refractivity contribution in [1.82, 2.24) is 20.3 Å². The highest BCUT2D eigenvalue weighted by Crippen LogP contribution is 2.30. The molecule has 0 aliphatic carbocycles.